The average Bonchev–Trinajstić information content (AvgIpc) is 2.70. The van der Waals surface area contributed by atoms with Gasteiger partial charge in [-0.3, -0.25) is 4.79 Å². The van der Waals surface area contributed by atoms with Crippen LogP contribution < -0.4 is 0 Å². The van der Waals surface area contributed by atoms with Gasteiger partial charge in [0.25, 0.3) is 5.91 Å². The molecule has 0 spiro atoms. The normalized spacial score (nSPS) is 17.5. The van der Waals surface area contributed by atoms with Gasteiger partial charge >= 0.3 is 5.97 Å². The van der Waals surface area contributed by atoms with Crippen LogP contribution in [0.15, 0.2) is 29.2 Å². The average molecular weight is 407 g/mol. The summed E-state index contributed by atoms with van der Waals surface area (Å²) in [5.41, 5.74) is 0.165. The Labute approximate surface area is 165 Å². The fraction of sp³-hybridized carbons (Fsp3) is 0.526. The highest BCUT2D eigenvalue weighted by Crippen LogP contribution is 2.25. The van der Waals surface area contributed by atoms with E-state index in [2.05, 4.69) is 0 Å². The molecule has 1 amide bonds. The predicted octanol–water partition coefficient (Wildman–Crippen LogP) is 1.78. The van der Waals surface area contributed by atoms with Crippen LogP contribution >= 0.6 is 0 Å². The Hall–Kier alpha value is -2.44. The van der Waals surface area contributed by atoms with Crippen LogP contribution in [-0.2, 0) is 19.6 Å². The molecule has 28 heavy (non-hydrogen) atoms. The lowest BCUT2D eigenvalue weighted by Crippen LogP contribution is -2.41. The van der Waals surface area contributed by atoms with Gasteiger partial charge in [0.2, 0.25) is 10.0 Å². The third-order valence-electron chi connectivity index (χ3n) is 4.75. The molecular weight excluding hydrogens is 382 g/mol. The van der Waals surface area contributed by atoms with Crippen LogP contribution in [0.25, 0.3) is 0 Å². The molecule has 0 bridgehead atoms. The molecule has 2 rings (SSSR count). The molecule has 1 fully saturated rings. The largest absolute Gasteiger partial charge is 0.452 e. The third kappa shape index (κ3) is 5.30. The second kappa shape index (κ2) is 9.66. The van der Waals surface area contributed by atoms with Crippen LogP contribution in [0, 0.1) is 11.3 Å². The van der Waals surface area contributed by atoms with E-state index in [9.17, 15) is 18.0 Å². The van der Waals surface area contributed by atoms with E-state index >= 15 is 0 Å². The van der Waals surface area contributed by atoms with Gasteiger partial charge in [-0.25, -0.2) is 13.2 Å². The van der Waals surface area contributed by atoms with Crippen molar-refractivity contribution < 1.29 is 22.7 Å². The molecule has 0 unspecified atom stereocenters. The number of hydrogen-bond donors (Lipinski definition) is 0. The number of benzene rings is 1. The van der Waals surface area contributed by atoms with Crippen molar-refractivity contribution >= 4 is 21.9 Å². The number of esters is 1. The van der Waals surface area contributed by atoms with Crippen molar-refractivity contribution in [2.24, 2.45) is 0 Å². The molecule has 0 saturated carbocycles. The molecule has 1 aromatic carbocycles. The molecule has 0 aromatic heterocycles. The van der Waals surface area contributed by atoms with E-state index in [0.29, 0.717) is 6.54 Å². The van der Waals surface area contributed by atoms with Gasteiger partial charge in [-0.2, -0.15) is 9.57 Å². The molecular formula is C19H25N3O5S. The second-order valence-electron chi connectivity index (χ2n) is 6.78. The van der Waals surface area contributed by atoms with E-state index in [0.717, 1.165) is 19.3 Å². The molecule has 152 valence electrons. The molecule has 1 atom stereocenters. The van der Waals surface area contributed by atoms with Crippen LogP contribution in [-0.4, -0.2) is 62.3 Å². The monoisotopic (exact) mass is 407 g/mol. The maximum atomic E-state index is 12.8. The van der Waals surface area contributed by atoms with E-state index in [1.165, 1.54) is 40.5 Å². The lowest BCUT2D eigenvalue weighted by Gasteiger charge is -2.32. The first-order chi connectivity index (χ1) is 13.3. The van der Waals surface area contributed by atoms with Crippen LogP contribution in [0.5, 0.6) is 0 Å². The van der Waals surface area contributed by atoms with Crippen LogP contribution in [0.2, 0.25) is 0 Å². The maximum absolute atomic E-state index is 12.8. The zero-order valence-electron chi connectivity index (χ0n) is 16.1. The number of sulfonamides is 1. The zero-order chi connectivity index (χ0) is 20.7. The van der Waals surface area contributed by atoms with Gasteiger partial charge < -0.3 is 9.64 Å². The van der Waals surface area contributed by atoms with Gasteiger partial charge in [0.05, 0.1) is 22.9 Å². The minimum Gasteiger partial charge on any atom is -0.452 e. The SMILES string of the molecule is C[C@H]1CCCCN1S(=O)(=O)c1ccc(C(=O)OCC(=O)N(C)CCC#N)cc1. The molecule has 0 aliphatic carbocycles. The summed E-state index contributed by atoms with van der Waals surface area (Å²) < 4.78 is 32.1. The van der Waals surface area contributed by atoms with Gasteiger partial charge in [0.15, 0.2) is 6.61 Å². The fourth-order valence-corrected chi connectivity index (χ4v) is 4.69. The molecule has 1 heterocycles. The van der Waals surface area contributed by atoms with Crippen molar-refractivity contribution in [2.45, 2.75) is 43.5 Å². The first-order valence-corrected chi connectivity index (χ1v) is 10.6. The topological polar surface area (TPSA) is 108 Å². The number of ether oxygens (including phenoxy) is 1. The standard InChI is InChI=1S/C19H25N3O5S/c1-15-6-3-4-13-22(15)28(25,26)17-9-7-16(8-10-17)19(24)27-14-18(23)21(2)12-5-11-20/h7-10,15H,3-6,12-14H2,1-2H3/t15-/m0/s1. The number of rotatable bonds is 7. The highest BCUT2D eigenvalue weighted by atomic mass is 32.2. The molecule has 0 N–H and O–H groups in total. The molecule has 1 aliphatic heterocycles. The number of amides is 1. The maximum Gasteiger partial charge on any atom is 0.338 e. The molecule has 1 aromatic rings. The van der Waals surface area contributed by atoms with E-state index in [1.807, 2.05) is 13.0 Å². The minimum absolute atomic E-state index is 0.0487. The van der Waals surface area contributed by atoms with Gasteiger partial charge in [0.1, 0.15) is 0 Å². The summed E-state index contributed by atoms with van der Waals surface area (Å²) in [6, 6.07) is 7.42. The molecule has 1 saturated heterocycles. The van der Waals surface area contributed by atoms with Crippen molar-refractivity contribution in [3.8, 4) is 6.07 Å². The van der Waals surface area contributed by atoms with Crippen LogP contribution in [0.1, 0.15) is 43.0 Å². The number of piperidine rings is 1. The summed E-state index contributed by atoms with van der Waals surface area (Å²) in [4.78, 5) is 25.4. The number of carbonyl (C=O) groups excluding carboxylic acids is 2. The van der Waals surface area contributed by atoms with Gasteiger partial charge in [-0.05, 0) is 44.0 Å². The quantitative estimate of drug-likeness (QED) is 0.638. The highest BCUT2D eigenvalue weighted by molar-refractivity contribution is 7.89. The lowest BCUT2D eigenvalue weighted by atomic mass is 10.1. The Kier molecular flexibility index (Phi) is 7.54. The summed E-state index contributed by atoms with van der Waals surface area (Å²) in [6.45, 7) is 2.21. The number of likely N-dealkylation sites (N-methyl/N-ethyl adjacent to an activating group) is 1. The summed E-state index contributed by atoms with van der Waals surface area (Å²) in [5, 5.41) is 8.52. The first-order valence-electron chi connectivity index (χ1n) is 9.17. The number of hydrogen-bond acceptors (Lipinski definition) is 6. The van der Waals surface area contributed by atoms with E-state index in [1.54, 1.807) is 0 Å². The second-order valence-corrected chi connectivity index (χ2v) is 8.68. The smallest absolute Gasteiger partial charge is 0.338 e. The fourth-order valence-electron chi connectivity index (χ4n) is 2.99. The van der Waals surface area contributed by atoms with Gasteiger partial charge in [-0.15, -0.1) is 0 Å². The van der Waals surface area contributed by atoms with Crippen molar-refractivity contribution in [1.29, 1.82) is 5.26 Å². The zero-order valence-corrected chi connectivity index (χ0v) is 16.9. The Morgan fingerprint density at radius 2 is 1.96 bits per heavy atom. The van der Waals surface area contributed by atoms with Crippen LogP contribution in [0.4, 0.5) is 0 Å². The van der Waals surface area contributed by atoms with Crippen molar-refractivity contribution in [3.05, 3.63) is 29.8 Å². The summed E-state index contributed by atoms with van der Waals surface area (Å²) >= 11 is 0. The van der Waals surface area contributed by atoms with Crippen LogP contribution in [0.3, 0.4) is 0 Å². The Bertz CT molecular complexity index is 845. The van der Waals surface area contributed by atoms with Crippen molar-refractivity contribution in [3.63, 3.8) is 0 Å². The molecule has 0 radical (unpaired) electrons. The molecule has 9 heteroatoms. The summed E-state index contributed by atoms with van der Waals surface area (Å²) in [5.74, 6) is -1.13. The Balaban J connectivity index is 1.99. The van der Waals surface area contributed by atoms with Crippen molar-refractivity contribution in [2.75, 3.05) is 26.7 Å². The lowest BCUT2D eigenvalue weighted by molar-refractivity contribution is -0.133. The Morgan fingerprint density at radius 1 is 1.29 bits per heavy atom. The van der Waals surface area contributed by atoms with Gasteiger partial charge in [0, 0.05) is 26.2 Å². The van der Waals surface area contributed by atoms with Crippen molar-refractivity contribution in [1.82, 2.24) is 9.21 Å². The first kappa shape index (κ1) is 21.9. The van der Waals surface area contributed by atoms with E-state index in [-0.39, 0.29) is 29.5 Å². The molecule has 1 aliphatic rings. The minimum atomic E-state index is -3.61. The Morgan fingerprint density at radius 3 is 2.57 bits per heavy atom. The number of carbonyl (C=O) groups is 2. The summed E-state index contributed by atoms with van der Waals surface area (Å²) in [6.07, 6.45) is 2.88. The highest BCUT2D eigenvalue weighted by Gasteiger charge is 2.31. The summed E-state index contributed by atoms with van der Waals surface area (Å²) in [7, 11) is -2.08. The van der Waals surface area contributed by atoms with E-state index < -0.39 is 28.5 Å². The number of nitriles is 1. The van der Waals surface area contributed by atoms with E-state index in [4.69, 9.17) is 10.00 Å². The molecule has 8 nitrogen and oxygen atoms in total. The predicted molar refractivity (Wildman–Crippen MR) is 102 cm³/mol. The number of nitrogens with zero attached hydrogens (tertiary/aromatic N) is 3. The van der Waals surface area contributed by atoms with Gasteiger partial charge in [-0.1, -0.05) is 6.42 Å². The third-order valence-corrected chi connectivity index (χ3v) is 6.78.